The lowest BCUT2D eigenvalue weighted by Gasteiger charge is -2.34. The molecule has 0 radical (unpaired) electrons. The van der Waals surface area contributed by atoms with Gasteiger partial charge in [-0.1, -0.05) is 18.9 Å². The molecule has 2 aromatic carbocycles. The van der Waals surface area contributed by atoms with Gasteiger partial charge in [-0.25, -0.2) is 4.79 Å². The molecular weight excluding hydrogens is 522 g/mol. The highest BCUT2D eigenvalue weighted by Crippen LogP contribution is 2.40. The lowest BCUT2D eigenvalue weighted by Crippen LogP contribution is -2.35. The van der Waals surface area contributed by atoms with Gasteiger partial charge in [-0.05, 0) is 98.4 Å². The van der Waals surface area contributed by atoms with Crippen molar-refractivity contribution in [1.82, 2.24) is 4.90 Å². The molecule has 39 heavy (non-hydrogen) atoms. The maximum atomic E-state index is 13.4. The number of carboxylic acid groups (broad SMARTS) is 1. The zero-order chi connectivity index (χ0) is 28.5. The van der Waals surface area contributed by atoms with Gasteiger partial charge in [0.15, 0.2) is 0 Å². The number of nitrogens with zero attached hydrogens (tertiary/aromatic N) is 2. The van der Waals surface area contributed by atoms with Crippen LogP contribution < -0.4 is 4.90 Å². The Morgan fingerprint density at radius 2 is 1.49 bits per heavy atom. The molecule has 1 amide bonds. The van der Waals surface area contributed by atoms with E-state index in [2.05, 4.69) is 11.0 Å². The second kappa shape index (κ2) is 11.3. The first kappa shape index (κ1) is 29.1. The maximum Gasteiger partial charge on any atom is 0.416 e. The fourth-order valence-electron chi connectivity index (χ4n) is 5.99. The van der Waals surface area contributed by atoms with E-state index >= 15 is 0 Å². The van der Waals surface area contributed by atoms with Crippen LogP contribution in [0.3, 0.4) is 0 Å². The fraction of sp³-hybridized carbons (Fsp3) is 0.552. The van der Waals surface area contributed by atoms with E-state index in [-0.39, 0.29) is 11.6 Å². The van der Waals surface area contributed by atoms with Crippen LogP contribution >= 0.6 is 0 Å². The third-order valence-electron chi connectivity index (χ3n) is 8.08. The predicted octanol–water partition coefficient (Wildman–Crippen LogP) is 8.47. The quantitative estimate of drug-likeness (QED) is 0.332. The van der Waals surface area contributed by atoms with Gasteiger partial charge >= 0.3 is 18.4 Å². The number of hydrogen-bond donors (Lipinski definition) is 1. The van der Waals surface area contributed by atoms with Crippen molar-refractivity contribution < 1.29 is 36.2 Å². The van der Waals surface area contributed by atoms with Crippen molar-refractivity contribution in [2.75, 3.05) is 18.0 Å². The van der Waals surface area contributed by atoms with Gasteiger partial charge in [0.25, 0.3) is 0 Å². The Morgan fingerprint density at radius 1 is 0.923 bits per heavy atom. The van der Waals surface area contributed by atoms with Crippen LogP contribution in [0.5, 0.6) is 0 Å². The maximum absolute atomic E-state index is 13.4. The molecule has 0 spiro atoms. The van der Waals surface area contributed by atoms with Crippen molar-refractivity contribution in [1.29, 1.82) is 0 Å². The molecular formula is C29H34F6N2O2. The molecule has 1 atom stereocenters. The van der Waals surface area contributed by atoms with E-state index in [1.165, 1.54) is 18.4 Å². The zero-order valence-corrected chi connectivity index (χ0v) is 22.1. The van der Waals surface area contributed by atoms with Crippen LogP contribution in [-0.2, 0) is 31.7 Å². The highest BCUT2D eigenvalue weighted by atomic mass is 19.4. The summed E-state index contributed by atoms with van der Waals surface area (Å²) in [5, 5.41) is 10.1. The fourth-order valence-corrected chi connectivity index (χ4v) is 5.99. The number of benzene rings is 2. The molecule has 0 heterocycles. The molecule has 1 unspecified atom stereocenters. The van der Waals surface area contributed by atoms with Gasteiger partial charge in [0, 0.05) is 25.3 Å². The van der Waals surface area contributed by atoms with E-state index in [9.17, 15) is 36.2 Å². The van der Waals surface area contributed by atoms with Gasteiger partial charge in [-0.2, -0.15) is 26.3 Å². The lowest BCUT2D eigenvalue weighted by atomic mass is 9.96. The minimum atomic E-state index is -5.01. The Morgan fingerprint density at radius 3 is 2.00 bits per heavy atom. The normalized spacial score (nSPS) is 16.8. The number of halogens is 6. The lowest BCUT2D eigenvalue weighted by molar-refractivity contribution is -0.143. The van der Waals surface area contributed by atoms with E-state index in [1.54, 1.807) is 6.92 Å². The number of amides is 1. The molecule has 10 heteroatoms. The average Bonchev–Trinajstić information content (AvgIpc) is 3.55. The predicted molar refractivity (Wildman–Crippen MR) is 137 cm³/mol. The monoisotopic (exact) mass is 556 g/mol. The van der Waals surface area contributed by atoms with Crippen molar-refractivity contribution in [3.63, 3.8) is 0 Å². The van der Waals surface area contributed by atoms with Gasteiger partial charge in [0.05, 0.1) is 17.2 Å². The Hall–Kier alpha value is -2.91. The van der Waals surface area contributed by atoms with E-state index in [1.807, 2.05) is 13.0 Å². The number of alkyl halides is 6. The number of anilines is 1. The van der Waals surface area contributed by atoms with E-state index in [0.29, 0.717) is 24.6 Å². The molecule has 214 valence electrons. The highest BCUT2D eigenvalue weighted by Gasteiger charge is 2.37. The highest BCUT2D eigenvalue weighted by molar-refractivity contribution is 5.68. The summed E-state index contributed by atoms with van der Waals surface area (Å²) in [4.78, 5) is 15.6. The second-order valence-electron chi connectivity index (χ2n) is 10.7. The van der Waals surface area contributed by atoms with Crippen molar-refractivity contribution in [3.05, 3.63) is 63.7 Å². The number of fused-ring (bicyclic) bond motifs is 1. The summed E-state index contributed by atoms with van der Waals surface area (Å²) in [7, 11) is 0. The first-order chi connectivity index (χ1) is 18.3. The smallest absolute Gasteiger partial charge is 0.416 e. The van der Waals surface area contributed by atoms with Crippen LogP contribution in [0, 0.1) is 5.92 Å². The summed E-state index contributed by atoms with van der Waals surface area (Å²) in [6.07, 6.45) is -4.07. The van der Waals surface area contributed by atoms with Crippen molar-refractivity contribution in [2.45, 2.75) is 83.7 Å². The van der Waals surface area contributed by atoms with Crippen LogP contribution in [-0.4, -0.2) is 29.2 Å². The molecule has 2 aliphatic rings. The molecule has 1 saturated carbocycles. The summed E-state index contributed by atoms with van der Waals surface area (Å²) >= 11 is 0. The van der Waals surface area contributed by atoms with E-state index in [0.717, 1.165) is 60.4 Å². The molecule has 0 aliphatic heterocycles. The summed E-state index contributed by atoms with van der Waals surface area (Å²) in [6, 6.07) is 4.55. The minimum absolute atomic E-state index is 0.0544. The van der Waals surface area contributed by atoms with Gasteiger partial charge < -0.3 is 10.0 Å². The SMILES string of the molecule is CCN(CC1CCCC1)c1cc2c(cc1C(C)N(Cc1cc(C(F)(F)F)cc(C(F)(F)F)c1)C(=O)O)CCC2. The Bertz CT molecular complexity index is 1160. The third kappa shape index (κ3) is 6.64. The summed E-state index contributed by atoms with van der Waals surface area (Å²) in [6.45, 7) is 4.59. The van der Waals surface area contributed by atoms with Crippen LogP contribution in [0.15, 0.2) is 30.3 Å². The number of aryl methyl sites for hydroxylation is 2. The van der Waals surface area contributed by atoms with Crippen molar-refractivity contribution in [3.8, 4) is 0 Å². The van der Waals surface area contributed by atoms with Crippen LogP contribution in [0.2, 0.25) is 0 Å². The van der Waals surface area contributed by atoms with Crippen LogP contribution in [0.25, 0.3) is 0 Å². The van der Waals surface area contributed by atoms with Gasteiger partial charge in [0.1, 0.15) is 0 Å². The Balaban J connectivity index is 1.73. The molecule has 0 aromatic heterocycles. The number of carbonyl (C=O) groups is 1. The van der Waals surface area contributed by atoms with Crippen molar-refractivity contribution >= 4 is 11.8 Å². The molecule has 0 saturated heterocycles. The zero-order valence-electron chi connectivity index (χ0n) is 22.1. The first-order valence-corrected chi connectivity index (χ1v) is 13.5. The van der Waals surface area contributed by atoms with E-state index < -0.39 is 42.2 Å². The average molecular weight is 557 g/mol. The van der Waals surface area contributed by atoms with Crippen molar-refractivity contribution in [2.24, 2.45) is 5.92 Å². The third-order valence-corrected chi connectivity index (χ3v) is 8.08. The van der Waals surface area contributed by atoms with Crippen LogP contribution in [0.1, 0.15) is 85.4 Å². The molecule has 2 aliphatic carbocycles. The topological polar surface area (TPSA) is 43.8 Å². The summed E-state index contributed by atoms with van der Waals surface area (Å²) in [5.41, 5.74) is 0.647. The van der Waals surface area contributed by atoms with Gasteiger partial charge in [-0.3, -0.25) is 4.90 Å². The Kier molecular flexibility index (Phi) is 8.42. The van der Waals surface area contributed by atoms with Gasteiger partial charge in [0.2, 0.25) is 0 Å². The molecule has 4 rings (SSSR count). The van der Waals surface area contributed by atoms with Gasteiger partial charge in [-0.15, -0.1) is 0 Å². The van der Waals surface area contributed by atoms with E-state index in [4.69, 9.17) is 0 Å². The summed E-state index contributed by atoms with van der Waals surface area (Å²) < 4.78 is 80.6. The molecule has 0 bridgehead atoms. The number of hydrogen-bond acceptors (Lipinski definition) is 2. The second-order valence-corrected chi connectivity index (χ2v) is 10.7. The molecule has 4 nitrogen and oxygen atoms in total. The number of rotatable bonds is 8. The Labute approximate surface area is 224 Å². The van der Waals surface area contributed by atoms with Crippen LogP contribution in [0.4, 0.5) is 36.8 Å². The molecule has 1 fully saturated rings. The standard InChI is InChI=1S/C29H34F6N2O2/c1-3-36(16-19-7-4-5-8-19)26-14-22-10-6-9-21(22)13-25(26)18(2)37(27(38)39)17-20-11-23(28(30,31)32)15-24(12-20)29(33,34)35/h11-15,18-19H,3-10,16-17H2,1-2H3,(H,38,39). The summed E-state index contributed by atoms with van der Waals surface area (Å²) in [5.74, 6) is 0.530. The molecule has 2 aromatic rings. The molecule has 1 N–H and O–H groups in total. The minimum Gasteiger partial charge on any atom is -0.465 e. The first-order valence-electron chi connectivity index (χ1n) is 13.5. The largest absolute Gasteiger partial charge is 0.465 e.